The second-order valence-corrected chi connectivity index (χ2v) is 16.4. The molecule has 4 aliphatic rings. The van der Waals surface area contributed by atoms with Crippen LogP contribution in [-0.2, 0) is 42.7 Å². The fraction of sp³-hybridized carbons (Fsp3) is 0.636. The highest BCUT2D eigenvalue weighted by molar-refractivity contribution is 7.89. The largest absolute Gasteiger partial charge is 0.370 e. The Morgan fingerprint density at radius 3 is 2.53 bits per heavy atom. The number of piperidine rings is 1. The van der Waals surface area contributed by atoms with Crippen LogP contribution in [0.25, 0.3) is 0 Å². The molecule has 1 aliphatic heterocycles. The molecule has 11 nitrogen and oxygen atoms in total. The van der Waals surface area contributed by atoms with Crippen LogP contribution in [0.3, 0.4) is 0 Å². The van der Waals surface area contributed by atoms with E-state index < -0.39 is 27.4 Å². The zero-order valence-corrected chi connectivity index (χ0v) is 27.1. The van der Waals surface area contributed by atoms with Gasteiger partial charge >= 0.3 is 0 Å². The maximum Gasteiger partial charge on any atom is 0.226 e. The van der Waals surface area contributed by atoms with Gasteiger partial charge in [-0.05, 0) is 72.8 Å². The minimum Gasteiger partial charge on any atom is -0.370 e. The van der Waals surface area contributed by atoms with E-state index in [0.717, 1.165) is 38.5 Å². The summed E-state index contributed by atoms with van der Waals surface area (Å²) >= 11 is 0. The maximum absolute atomic E-state index is 14.2. The molecule has 45 heavy (non-hydrogen) atoms. The Balaban J connectivity index is 1.12. The summed E-state index contributed by atoms with van der Waals surface area (Å²) in [7, 11) is -3.60. The van der Waals surface area contributed by atoms with Crippen molar-refractivity contribution in [1.29, 1.82) is 0 Å². The average Bonchev–Trinajstić information content (AvgIpc) is 3.70. The van der Waals surface area contributed by atoms with Gasteiger partial charge in [-0.15, -0.1) is 0 Å². The van der Waals surface area contributed by atoms with Crippen LogP contribution in [0.15, 0.2) is 36.8 Å². The van der Waals surface area contributed by atoms with Gasteiger partial charge in [-0.2, -0.15) is 0 Å². The standard InChI is InChI=1S/C33H46N6O5S/c1-31(2)23-8-10-33(31,20-45(43,44)39-13-11-32(12-14-39)9-7-22-5-3-4-6-26(22)32)27(15-23)38-30(42)17-24(16-28(34)40)37-29(41)18-25-19-35-21-36-25/h3-6,19,21,23-24,27H,7-18,20H2,1-2H3,(H2,34,40)(H,35,36)(H,37,41)(H,38,42)/t23-,24?,27+,33-/m1/s1. The zero-order valence-electron chi connectivity index (χ0n) is 26.3. The number of carbonyl (C=O) groups excluding carboxylic acids is 3. The van der Waals surface area contributed by atoms with Gasteiger partial charge in [0.15, 0.2) is 0 Å². The number of primary amides is 1. The number of fused-ring (bicyclic) bond motifs is 4. The van der Waals surface area contributed by atoms with E-state index in [1.54, 1.807) is 4.31 Å². The van der Waals surface area contributed by atoms with E-state index >= 15 is 0 Å². The first kappa shape index (κ1) is 31.7. The maximum atomic E-state index is 14.2. The van der Waals surface area contributed by atoms with Crippen LogP contribution in [-0.4, -0.2) is 71.3 Å². The van der Waals surface area contributed by atoms with Crippen molar-refractivity contribution in [1.82, 2.24) is 24.9 Å². The van der Waals surface area contributed by atoms with Crippen molar-refractivity contribution in [2.24, 2.45) is 22.5 Å². The highest BCUT2D eigenvalue weighted by Crippen LogP contribution is 2.66. The van der Waals surface area contributed by atoms with Gasteiger partial charge in [-0.3, -0.25) is 14.4 Å². The fourth-order valence-electron chi connectivity index (χ4n) is 9.24. The molecule has 2 bridgehead atoms. The molecule has 2 aromatic rings. The summed E-state index contributed by atoms with van der Waals surface area (Å²) in [4.78, 5) is 44.6. The topological polar surface area (TPSA) is 167 Å². The van der Waals surface area contributed by atoms with Crippen LogP contribution in [0.2, 0.25) is 0 Å². The molecule has 3 fully saturated rings. The van der Waals surface area contributed by atoms with Crippen LogP contribution in [0, 0.1) is 16.7 Å². The number of amides is 3. The number of nitrogens with zero attached hydrogens (tertiary/aromatic N) is 2. The molecule has 3 amide bonds. The van der Waals surface area contributed by atoms with Crippen LogP contribution < -0.4 is 16.4 Å². The summed E-state index contributed by atoms with van der Waals surface area (Å²) in [5.41, 5.74) is 8.03. The molecule has 0 radical (unpaired) electrons. The lowest BCUT2D eigenvalue weighted by atomic mass is 9.69. The van der Waals surface area contributed by atoms with Gasteiger partial charge in [0.1, 0.15) is 0 Å². The first-order chi connectivity index (χ1) is 21.3. The third kappa shape index (κ3) is 5.91. The molecule has 3 aliphatic carbocycles. The highest BCUT2D eigenvalue weighted by Gasteiger charge is 2.66. The number of imidazole rings is 1. The second kappa shape index (κ2) is 11.8. The van der Waals surface area contributed by atoms with E-state index in [2.05, 4.69) is 58.7 Å². The Morgan fingerprint density at radius 2 is 1.84 bits per heavy atom. The summed E-state index contributed by atoms with van der Waals surface area (Å²) in [6.45, 7) is 5.33. The molecule has 244 valence electrons. The summed E-state index contributed by atoms with van der Waals surface area (Å²) in [6, 6.07) is 7.50. The molecular formula is C33H46N6O5S. The summed E-state index contributed by atoms with van der Waals surface area (Å²) in [6.07, 6.45) is 8.89. The predicted octanol–water partition coefficient (Wildman–Crippen LogP) is 2.32. The Hall–Kier alpha value is -3.25. The molecule has 2 saturated carbocycles. The van der Waals surface area contributed by atoms with Crippen LogP contribution >= 0.6 is 0 Å². The van der Waals surface area contributed by atoms with Crippen LogP contribution in [0.5, 0.6) is 0 Å². The Morgan fingerprint density at radius 1 is 1.09 bits per heavy atom. The van der Waals surface area contributed by atoms with Gasteiger partial charge in [-0.1, -0.05) is 38.1 Å². The summed E-state index contributed by atoms with van der Waals surface area (Å²) in [5.74, 6) is -1.00. The number of carbonyl (C=O) groups is 3. The van der Waals surface area contributed by atoms with Gasteiger partial charge in [0.25, 0.3) is 0 Å². The second-order valence-electron chi connectivity index (χ2n) is 14.5. The average molecular weight is 639 g/mol. The third-order valence-electron chi connectivity index (χ3n) is 11.9. The Labute approximate surface area is 265 Å². The number of aryl methyl sites for hydroxylation is 1. The van der Waals surface area contributed by atoms with E-state index in [0.29, 0.717) is 31.1 Å². The predicted molar refractivity (Wildman–Crippen MR) is 169 cm³/mol. The van der Waals surface area contributed by atoms with Crippen LogP contribution in [0.1, 0.15) is 82.0 Å². The van der Waals surface area contributed by atoms with Crippen molar-refractivity contribution in [2.45, 2.75) is 95.6 Å². The summed E-state index contributed by atoms with van der Waals surface area (Å²) < 4.78 is 30.0. The molecule has 2 heterocycles. The number of hydrogen-bond acceptors (Lipinski definition) is 6. The number of H-pyrrole nitrogens is 1. The van der Waals surface area contributed by atoms with Gasteiger partial charge in [0.05, 0.1) is 18.5 Å². The third-order valence-corrected chi connectivity index (χ3v) is 13.9. The minimum atomic E-state index is -3.60. The molecule has 1 unspecified atom stereocenters. The zero-order chi connectivity index (χ0) is 32.0. The molecule has 5 N–H and O–H groups in total. The lowest BCUT2D eigenvalue weighted by Crippen LogP contribution is -2.55. The molecule has 1 saturated heterocycles. The van der Waals surface area contributed by atoms with Crippen molar-refractivity contribution < 1.29 is 22.8 Å². The number of nitrogens with two attached hydrogens (primary N) is 1. The van der Waals surface area contributed by atoms with E-state index in [4.69, 9.17) is 5.73 Å². The lowest BCUT2D eigenvalue weighted by molar-refractivity contribution is -0.125. The quantitative estimate of drug-likeness (QED) is 0.295. The fourth-order valence-corrected chi connectivity index (χ4v) is 11.5. The number of nitrogens with one attached hydrogen (secondary N) is 3. The van der Waals surface area contributed by atoms with E-state index in [1.807, 2.05) is 0 Å². The normalized spacial score (nSPS) is 27.2. The molecule has 1 aromatic heterocycles. The monoisotopic (exact) mass is 638 g/mol. The van der Waals surface area contributed by atoms with E-state index in [-0.39, 0.29) is 53.7 Å². The first-order valence-corrected chi connectivity index (χ1v) is 17.8. The Bertz CT molecular complexity index is 1550. The molecular weight excluding hydrogens is 592 g/mol. The molecule has 6 rings (SSSR count). The number of rotatable bonds is 11. The smallest absolute Gasteiger partial charge is 0.226 e. The van der Waals surface area contributed by atoms with Crippen LogP contribution in [0.4, 0.5) is 0 Å². The van der Waals surface area contributed by atoms with Crippen molar-refractivity contribution in [3.63, 3.8) is 0 Å². The number of aromatic nitrogens is 2. The van der Waals surface area contributed by atoms with Crippen molar-refractivity contribution >= 4 is 27.7 Å². The molecule has 1 spiro atoms. The number of sulfonamides is 1. The van der Waals surface area contributed by atoms with Crippen molar-refractivity contribution in [2.75, 3.05) is 18.8 Å². The lowest BCUT2D eigenvalue weighted by Gasteiger charge is -2.45. The summed E-state index contributed by atoms with van der Waals surface area (Å²) in [5, 5.41) is 5.92. The number of hydrogen-bond donors (Lipinski definition) is 4. The molecule has 4 atom stereocenters. The van der Waals surface area contributed by atoms with E-state index in [9.17, 15) is 22.8 Å². The molecule has 1 aromatic carbocycles. The minimum absolute atomic E-state index is 0.00364. The Kier molecular flexibility index (Phi) is 8.34. The van der Waals surface area contributed by atoms with E-state index in [1.165, 1.54) is 23.7 Å². The highest BCUT2D eigenvalue weighted by atomic mass is 32.2. The van der Waals surface area contributed by atoms with Gasteiger partial charge in [-0.25, -0.2) is 17.7 Å². The van der Waals surface area contributed by atoms with Crippen molar-refractivity contribution in [3.05, 3.63) is 53.6 Å². The number of benzene rings is 1. The van der Waals surface area contributed by atoms with Crippen molar-refractivity contribution in [3.8, 4) is 0 Å². The molecule has 12 heteroatoms. The number of aromatic amines is 1. The van der Waals surface area contributed by atoms with Gasteiger partial charge in [0, 0.05) is 55.3 Å². The van der Waals surface area contributed by atoms with Gasteiger partial charge < -0.3 is 21.4 Å². The SMILES string of the molecule is CC1(C)[C@@H]2CC[C@@]1(CS(=O)(=O)N1CCC3(CCc4ccccc43)CC1)[C@@H](NC(=O)CC(CC(N)=O)NC(=O)Cc1cnc[nH]1)C2. The van der Waals surface area contributed by atoms with Gasteiger partial charge in [0.2, 0.25) is 27.7 Å². The first-order valence-electron chi connectivity index (χ1n) is 16.2.